The van der Waals surface area contributed by atoms with Crippen molar-refractivity contribution in [2.45, 2.75) is 82.6 Å². The number of carboxylic acids is 1. The molecular formula is C23H32ClFO3S. The lowest BCUT2D eigenvalue weighted by Gasteiger charge is -2.45. The van der Waals surface area contributed by atoms with E-state index >= 15 is 0 Å². The zero-order chi connectivity index (χ0) is 21.0. The van der Waals surface area contributed by atoms with Gasteiger partial charge in [-0.25, -0.2) is 9.18 Å². The molecule has 2 aliphatic rings. The Hall–Kier alpha value is -0.910. The number of carbonyl (C=O) groups is 1. The van der Waals surface area contributed by atoms with Crippen molar-refractivity contribution in [3.63, 3.8) is 0 Å². The third kappa shape index (κ3) is 5.23. The fourth-order valence-electron chi connectivity index (χ4n) is 5.06. The molecule has 0 bridgehead atoms. The first-order valence-corrected chi connectivity index (χ1v) is 12.1. The summed E-state index contributed by atoms with van der Waals surface area (Å²) in [6, 6.07) is 1.36. The van der Waals surface area contributed by atoms with Crippen LogP contribution in [0.25, 0.3) is 0 Å². The zero-order valence-corrected chi connectivity index (χ0v) is 18.7. The van der Waals surface area contributed by atoms with E-state index in [1.54, 1.807) is 0 Å². The van der Waals surface area contributed by atoms with E-state index in [4.69, 9.17) is 16.7 Å². The molecule has 2 saturated carbocycles. The molecule has 0 aromatic carbocycles. The number of rotatable bonds is 10. The second-order valence-electron chi connectivity index (χ2n) is 8.77. The van der Waals surface area contributed by atoms with Crippen LogP contribution in [0.4, 0.5) is 4.39 Å². The van der Waals surface area contributed by atoms with E-state index < -0.39 is 11.8 Å². The largest absolute Gasteiger partial charge is 0.477 e. The minimum absolute atomic E-state index is 0.130. The van der Waals surface area contributed by atoms with E-state index in [2.05, 4.69) is 19.1 Å². The number of alkyl halides is 1. The van der Waals surface area contributed by atoms with Crippen LogP contribution in [0.15, 0.2) is 18.2 Å². The highest BCUT2D eigenvalue weighted by molar-refractivity contribution is 7.13. The molecule has 2 fully saturated rings. The highest BCUT2D eigenvalue weighted by Crippen LogP contribution is 2.48. The van der Waals surface area contributed by atoms with Gasteiger partial charge in [0.2, 0.25) is 0 Å². The van der Waals surface area contributed by atoms with E-state index in [1.807, 2.05) is 0 Å². The van der Waals surface area contributed by atoms with Crippen LogP contribution in [-0.2, 0) is 6.42 Å². The highest BCUT2D eigenvalue weighted by Gasteiger charge is 2.41. The predicted octanol–water partition coefficient (Wildman–Crippen LogP) is 6.43. The van der Waals surface area contributed by atoms with Gasteiger partial charge in [-0.2, -0.15) is 0 Å². The van der Waals surface area contributed by atoms with Crippen LogP contribution in [0, 0.1) is 23.1 Å². The Morgan fingerprint density at radius 2 is 2.21 bits per heavy atom. The molecule has 0 aliphatic heterocycles. The minimum Gasteiger partial charge on any atom is -0.477 e. The van der Waals surface area contributed by atoms with Gasteiger partial charge in [-0.15, -0.1) is 22.9 Å². The topological polar surface area (TPSA) is 57.5 Å². The van der Waals surface area contributed by atoms with Crippen LogP contribution in [0.1, 0.15) is 79.3 Å². The quantitative estimate of drug-likeness (QED) is 0.324. The number of aromatic carboxylic acids is 1. The van der Waals surface area contributed by atoms with Gasteiger partial charge >= 0.3 is 5.97 Å². The van der Waals surface area contributed by atoms with Crippen molar-refractivity contribution in [3.8, 4) is 0 Å². The summed E-state index contributed by atoms with van der Waals surface area (Å²) in [5.74, 6) is -1.01. The van der Waals surface area contributed by atoms with Gasteiger partial charge in [0, 0.05) is 10.3 Å². The highest BCUT2D eigenvalue weighted by atomic mass is 35.5. The Morgan fingerprint density at radius 3 is 2.79 bits per heavy atom. The zero-order valence-electron chi connectivity index (χ0n) is 17.1. The summed E-state index contributed by atoms with van der Waals surface area (Å²) in [7, 11) is 0. The van der Waals surface area contributed by atoms with Crippen molar-refractivity contribution in [2.75, 3.05) is 0 Å². The molecule has 3 rings (SSSR count). The van der Waals surface area contributed by atoms with Crippen LogP contribution in [0.5, 0.6) is 0 Å². The maximum atomic E-state index is 13.6. The Kier molecular flexibility index (Phi) is 7.80. The molecule has 29 heavy (non-hydrogen) atoms. The normalized spacial score (nSPS) is 27.2. The maximum absolute atomic E-state index is 13.6. The van der Waals surface area contributed by atoms with Crippen molar-refractivity contribution in [1.82, 2.24) is 0 Å². The van der Waals surface area contributed by atoms with Gasteiger partial charge in [-0.1, -0.05) is 25.5 Å². The Morgan fingerprint density at radius 1 is 1.45 bits per heavy atom. The summed E-state index contributed by atoms with van der Waals surface area (Å²) in [5.41, 5.74) is 0.130. The molecule has 2 N–H and O–H groups in total. The van der Waals surface area contributed by atoms with Crippen molar-refractivity contribution < 1.29 is 19.4 Å². The SMILES string of the molecule is CCC1(C(O)CC=C[C@@H]2[C@@H](CCCc3cc(F)c(C(=O)O)s3)CC[C@H]2Cl)CCC1. The molecular weight excluding hydrogens is 411 g/mol. The number of aliphatic hydroxyl groups is 1. The maximum Gasteiger partial charge on any atom is 0.348 e. The monoisotopic (exact) mass is 442 g/mol. The van der Waals surface area contributed by atoms with Crippen LogP contribution < -0.4 is 0 Å². The van der Waals surface area contributed by atoms with Gasteiger partial charge < -0.3 is 10.2 Å². The molecule has 4 atom stereocenters. The molecule has 2 aliphatic carbocycles. The Labute approximate surface area is 182 Å². The number of halogens is 2. The van der Waals surface area contributed by atoms with Crippen molar-refractivity contribution in [1.29, 1.82) is 0 Å². The summed E-state index contributed by atoms with van der Waals surface area (Å²) in [5, 5.41) is 19.7. The van der Waals surface area contributed by atoms with Gasteiger partial charge in [0.15, 0.2) is 0 Å². The van der Waals surface area contributed by atoms with Crippen LogP contribution in [-0.4, -0.2) is 27.7 Å². The predicted molar refractivity (Wildman–Crippen MR) is 116 cm³/mol. The molecule has 0 spiro atoms. The molecule has 1 heterocycles. The van der Waals surface area contributed by atoms with Crippen molar-refractivity contribution in [2.24, 2.45) is 17.3 Å². The lowest BCUT2D eigenvalue weighted by atomic mass is 9.63. The average molecular weight is 443 g/mol. The van der Waals surface area contributed by atoms with E-state index in [0.717, 1.165) is 61.2 Å². The lowest BCUT2D eigenvalue weighted by molar-refractivity contribution is -0.0355. The Balaban J connectivity index is 1.49. The summed E-state index contributed by atoms with van der Waals surface area (Å²) in [6.45, 7) is 2.17. The first-order valence-electron chi connectivity index (χ1n) is 10.9. The molecule has 0 radical (unpaired) electrons. The number of allylic oxidation sites excluding steroid dienone is 1. The molecule has 6 heteroatoms. The van der Waals surface area contributed by atoms with E-state index in [1.165, 1.54) is 12.5 Å². The number of hydrogen-bond acceptors (Lipinski definition) is 3. The smallest absolute Gasteiger partial charge is 0.348 e. The molecule has 162 valence electrons. The number of thiophene rings is 1. The molecule has 3 nitrogen and oxygen atoms in total. The third-order valence-corrected chi connectivity index (χ3v) is 8.85. The third-order valence-electron chi connectivity index (χ3n) is 7.18. The van der Waals surface area contributed by atoms with Crippen molar-refractivity contribution >= 4 is 28.9 Å². The first kappa shape index (κ1) is 22.8. The van der Waals surface area contributed by atoms with E-state index in [0.29, 0.717) is 24.7 Å². The van der Waals surface area contributed by atoms with Crippen molar-refractivity contribution in [3.05, 3.63) is 33.8 Å². The number of aliphatic hydroxyl groups excluding tert-OH is 1. The van der Waals surface area contributed by atoms with Gasteiger partial charge in [-0.3, -0.25) is 0 Å². The van der Waals surface area contributed by atoms with Gasteiger partial charge in [0.25, 0.3) is 0 Å². The lowest BCUT2D eigenvalue weighted by Crippen LogP contribution is -2.40. The van der Waals surface area contributed by atoms with Gasteiger partial charge in [0.1, 0.15) is 10.7 Å². The fourth-order valence-corrected chi connectivity index (χ4v) is 6.39. The molecule has 1 aromatic heterocycles. The Bertz CT molecular complexity index is 722. The fraction of sp³-hybridized carbons (Fsp3) is 0.696. The second kappa shape index (κ2) is 9.93. The minimum atomic E-state index is -1.20. The first-order chi connectivity index (χ1) is 13.9. The van der Waals surface area contributed by atoms with Crippen LogP contribution in [0.2, 0.25) is 0 Å². The molecule has 1 aromatic rings. The molecule has 0 saturated heterocycles. The van der Waals surface area contributed by atoms with Crippen LogP contribution >= 0.6 is 22.9 Å². The number of aryl methyl sites for hydroxylation is 1. The standard InChI is InChI=1S/C23H32ClFO3S/c1-2-23(12-5-13-23)20(26)9-4-8-17-15(10-11-18(17)24)6-3-7-16-14-19(25)21(29-16)22(27)28/h4,8,14-15,17-18,20,26H,2-3,5-7,9-13H2,1H3,(H,27,28)/t15-,17+,18+,20?/m0/s1. The summed E-state index contributed by atoms with van der Waals surface area (Å²) in [4.78, 5) is 11.6. The van der Waals surface area contributed by atoms with Crippen LogP contribution in [0.3, 0.4) is 0 Å². The number of hydrogen-bond donors (Lipinski definition) is 2. The number of carboxylic acid groups (broad SMARTS) is 1. The van der Waals surface area contributed by atoms with E-state index in [9.17, 15) is 14.3 Å². The molecule has 1 unspecified atom stereocenters. The van der Waals surface area contributed by atoms with E-state index in [-0.39, 0.29) is 21.8 Å². The average Bonchev–Trinajstić information content (AvgIpc) is 3.18. The second-order valence-corrected chi connectivity index (χ2v) is 10.5. The van der Waals surface area contributed by atoms with Gasteiger partial charge in [-0.05, 0) is 81.1 Å². The summed E-state index contributed by atoms with van der Waals surface area (Å²) >= 11 is 7.61. The van der Waals surface area contributed by atoms with Gasteiger partial charge in [0.05, 0.1) is 6.10 Å². The molecule has 0 amide bonds. The summed E-state index contributed by atoms with van der Waals surface area (Å²) < 4.78 is 13.6. The summed E-state index contributed by atoms with van der Waals surface area (Å²) in [6.07, 6.45) is 14.0.